The van der Waals surface area contributed by atoms with E-state index in [1.807, 2.05) is 20.0 Å². The number of anilines is 1. The van der Waals surface area contributed by atoms with E-state index < -0.39 is 0 Å². The Labute approximate surface area is 79.8 Å². The van der Waals surface area contributed by atoms with Gasteiger partial charge in [-0.1, -0.05) is 12.1 Å². The van der Waals surface area contributed by atoms with E-state index in [1.165, 1.54) is 5.56 Å². The molecule has 0 aliphatic carbocycles. The van der Waals surface area contributed by atoms with Crippen LogP contribution in [0.2, 0.25) is 0 Å². The molecule has 72 valence electrons. The Hall–Kier alpha value is -1.02. The minimum Gasteiger partial charge on any atom is -0.394 e. The molecule has 1 aromatic rings. The minimum atomic E-state index is 0.168. The standard InChI is InChI=1S/C11H17NO/c1-9-5-4-6-11(7-9)12(3)10(2)8-13/h4-7,10,13H,8H2,1-3H3. The summed E-state index contributed by atoms with van der Waals surface area (Å²) in [5.74, 6) is 0. The molecule has 1 rings (SSSR count). The molecule has 2 nitrogen and oxygen atoms in total. The van der Waals surface area contributed by atoms with E-state index >= 15 is 0 Å². The maximum Gasteiger partial charge on any atom is 0.0632 e. The lowest BCUT2D eigenvalue weighted by Gasteiger charge is -2.25. The molecular formula is C11H17NO. The number of hydrogen-bond acceptors (Lipinski definition) is 2. The van der Waals surface area contributed by atoms with Gasteiger partial charge in [-0.2, -0.15) is 0 Å². The molecule has 0 bridgehead atoms. The molecule has 13 heavy (non-hydrogen) atoms. The molecule has 0 aromatic heterocycles. The van der Waals surface area contributed by atoms with Crippen molar-refractivity contribution >= 4 is 5.69 Å². The molecule has 0 saturated carbocycles. The van der Waals surface area contributed by atoms with Gasteiger partial charge in [-0.05, 0) is 31.5 Å². The number of likely N-dealkylation sites (N-methyl/N-ethyl adjacent to an activating group) is 1. The summed E-state index contributed by atoms with van der Waals surface area (Å²) in [5, 5.41) is 8.99. The van der Waals surface area contributed by atoms with Gasteiger partial charge < -0.3 is 10.0 Å². The molecule has 1 atom stereocenters. The van der Waals surface area contributed by atoms with Crippen LogP contribution in [0.3, 0.4) is 0 Å². The normalized spacial score (nSPS) is 12.6. The second-order valence-electron chi connectivity index (χ2n) is 3.48. The van der Waals surface area contributed by atoms with Crippen LogP contribution >= 0.6 is 0 Å². The van der Waals surface area contributed by atoms with Crippen LogP contribution in [0.15, 0.2) is 24.3 Å². The predicted octanol–water partition coefficient (Wildman–Crippen LogP) is 1.81. The number of aryl methyl sites for hydroxylation is 1. The second-order valence-corrected chi connectivity index (χ2v) is 3.48. The highest BCUT2D eigenvalue weighted by atomic mass is 16.3. The van der Waals surface area contributed by atoms with Crippen LogP contribution < -0.4 is 4.90 Å². The van der Waals surface area contributed by atoms with E-state index in [-0.39, 0.29) is 12.6 Å². The fraction of sp³-hybridized carbons (Fsp3) is 0.455. The summed E-state index contributed by atoms with van der Waals surface area (Å²) >= 11 is 0. The molecule has 2 heteroatoms. The lowest BCUT2D eigenvalue weighted by molar-refractivity contribution is 0.270. The van der Waals surface area contributed by atoms with Crippen molar-refractivity contribution in [2.24, 2.45) is 0 Å². The van der Waals surface area contributed by atoms with Crippen LogP contribution in [-0.2, 0) is 0 Å². The van der Waals surface area contributed by atoms with Gasteiger partial charge in [0.15, 0.2) is 0 Å². The molecule has 0 aliphatic heterocycles. The highest BCUT2D eigenvalue weighted by Crippen LogP contribution is 2.16. The summed E-state index contributed by atoms with van der Waals surface area (Å²) in [4.78, 5) is 2.08. The molecule has 0 fully saturated rings. The highest BCUT2D eigenvalue weighted by Gasteiger charge is 2.07. The molecule has 1 unspecified atom stereocenters. The lowest BCUT2D eigenvalue weighted by Crippen LogP contribution is -2.31. The summed E-state index contributed by atoms with van der Waals surface area (Å²) < 4.78 is 0. The molecule has 1 N–H and O–H groups in total. The van der Waals surface area contributed by atoms with Gasteiger partial charge in [0.1, 0.15) is 0 Å². The Morgan fingerprint density at radius 3 is 2.69 bits per heavy atom. The lowest BCUT2D eigenvalue weighted by atomic mass is 10.2. The Morgan fingerprint density at radius 1 is 1.46 bits per heavy atom. The first-order valence-corrected chi connectivity index (χ1v) is 4.55. The maximum absolute atomic E-state index is 8.99. The number of aliphatic hydroxyl groups excluding tert-OH is 1. The predicted molar refractivity (Wildman–Crippen MR) is 56.1 cm³/mol. The smallest absolute Gasteiger partial charge is 0.0632 e. The molecule has 0 amide bonds. The average molecular weight is 179 g/mol. The summed E-state index contributed by atoms with van der Waals surface area (Å²) in [7, 11) is 2.00. The van der Waals surface area contributed by atoms with E-state index in [4.69, 9.17) is 5.11 Å². The molecular weight excluding hydrogens is 162 g/mol. The Kier molecular flexibility index (Phi) is 3.32. The zero-order valence-corrected chi connectivity index (χ0v) is 8.49. The van der Waals surface area contributed by atoms with Crippen molar-refractivity contribution in [3.8, 4) is 0 Å². The van der Waals surface area contributed by atoms with Crippen molar-refractivity contribution in [2.75, 3.05) is 18.6 Å². The molecule has 1 aromatic carbocycles. The Balaban J connectivity index is 2.82. The van der Waals surface area contributed by atoms with E-state index in [0.717, 1.165) is 5.69 Å². The average Bonchev–Trinajstić information content (AvgIpc) is 2.15. The van der Waals surface area contributed by atoms with Crippen LogP contribution in [0, 0.1) is 6.92 Å². The van der Waals surface area contributed by atoms with Gasteiger partial charge in [-0.25, -0.2) is 0 Å². The fourth-order valence-corrected chi connectivity index (χ4v) is 1.22. The van der Waals surface area contributed by atoms with Crippen LogP contribution in [0.25, 0.3) is 0 Å². The van der Waals surface area contributed by atoms with Gasteiger partial charge in [-0.15, -0.1) is 0 Å². The van der Waals surface area contributed by atoms with Gasteiger partial charge in [0.05, 0.1) is 6.61 Å². The van der Waals surface area contributed by atoms with Gasteiger partial charge in [0.25, 0.3) is 0 Å². The van der Waals surface area contributed by atoms with Crippen LogP contribution in [0.5, 0.6) is 0 Å². The van der Waals surface area contributed by atoms with Crippen molar-refractivity contribution in [3.05, 3.63) is 29.8 Å². The first-order valence-electron chi connectivity index (χ1n) is 4.55. The van der Waals surface area contributed by atoms with Crippen molar-refractivity contribution in [2.45, 2.75) is 19.9 Å². The topological polar surface area (TPSA) is 23.5 Å². The van der Waals surface area contributed by atoms with E-state index in [2.05, 4.69) is 30.0 Å². The quantitative estimate of drug-likeness (QED) is 0.765. The van der Waals surface area contributed by atoms with Gasteiger partial charge in [-0.3, -0.25) is 0 Å². The number of hydrogen-bond donors (Lipinski definition) is 1. The number of nitrogens with zero attached hydrogens (tertiary/aromatic N) is 1. The fourth-order valence-electron chi connectivity index (χ4n) is 1.22. The first-order chi connectivity index (χ1) is 6.15. The first kappa shape index (κ1) is 10.1. The largest absolute Gasteiger partial charge is 0.394 e. The maximum atomic E-state index is 8.99. The van der Waals surface area contributed by atoms with Gasteiger partial charge in [0.2, 0.25) is 0 Å². The zero-order valence-electron chi connectivity index (χ0n) is 8.49. The molecule has 0 radical (unpaired) electrons. The van der Waals surface area contributed by atoms with Crippen molar-refractivity contribution in [1.82, 2.24) is 0 Å². The summed E-state index contributed by atoms with van der Waals surface area (Å²) in [6, 6.07) is 8.44. The summed E-state index contributed by atoms with van der Waals surface area (Å²) in [5.41, 5.74) is 2.40. The van der Waals surface area contributed by atoms with Crippen molar-refractivity contribution in [3.63, 3.8) is 0 Å². The van der Waals surface area contributed by atoms with Crippen LogP contribution in [0.4, 0.5) is 5.69 Å². The third-order valence-electron chi connectivity index (χ3n) is 2.33. The van der Waals surface area contributed by atoms with E-state index in [0.29, 0.717) is 0 Å². The third-order valence-corrected chi connectivity index (χ3v) is 2.33. The highest BCUT2D eigenvalue weighted by molar-refractivity contribution is 5.48. The van der Waals surface area contributed by atoms with Gasteiger partial charge >= 0.3 is 0 Å². The molecule has 0 aliphatic rings. The summed E-state index contributed by atoms with van der Waals surface area (Å²) in [6.45, 7) is 4.26. The zero-order chi connectivity index (χ0) is 9.84. The second kappa shape index (κ2) is 4.28. The SMILES string of the molecule is Cc1cccc(N(C)C(C)CO)c1. The van der Waals surface area contributed by atoms with E-state index in [9.17, 15) is 0 Å². The van der Waals surface area contributed by atoms with Crippen LogP contribution in [-0.4, -0.2) is 24.8 Å². The Morgan fingerprint density at radius 2 is 2.15 bits per heavy atom. The van der Waals surface area contributed by atoms with Crippen molar-refractivity contribution < 1.29 is 5.11 Å². The summed E-state index contributed by atoms with van der Waals surface area (Å²) in [6.07, 6.45) is 0. The van der Waals surface area contributed by atoms with Crippen molar-refractivity contribution in [1.29, 1.82) is 0 Å². The number of aliphatic hydroxyl groups is 1. The number of benzene rings is 1. The minimum absolute atomic E-state index is 0.168. The molecule has 0 spiro atoms. The third kappa shape index (κ3) is 2.46. The number of rotatable bonds is 3. The van der Waals surface area contributed by atoms with Gasteiger partial charge in [0, 0.05) is 18.8 Å². The molecule has 0 heterocycles. The molecule has 0 saturated heterocycles. The van der Waals surface area contributed by atoms with Crippen LogP contribution in [0.1, 0.15) is 12.5 Å². The monoisotopic (exact) mass is 179 g/mol. The van der Waals surface area contributed by atoms with E-state index in [1.54, 1.807) is 0 Å². The Bertz CT molecular complexity index is 273.